The lowest BCUT2D eigenvalue weighted by Gasteiger charge is -2.22. The molecule has 0 radical (unpaired) electrons. The number of benzene rings is 1. The highest BCUT2D eigenvalue weighted by atomic mass is 32.2. The molecule has 3 rings (SSSR count). The number of carbonyl (C=O) groups is 1. The van der Waals surface area contributed by atoms with Crippen LogP contribution in [0.5, 0.6) is 0 Å². The number of aromatic nitrogens is 1. The number of fused-ring (bicyclic) bond motifs is 1. The molecule has 1 saturated heterocycles. The van der Waals surface area contributed by atoms with Gasteiger partial charge in [-0.1, -0.05) is 6.92 Å². The lowest BCUT2D eigenvalue weighted by atomic mass is 10.3. The first-order chi connectivity index (χ1) is 11.5. The highest BCUT2D eigenvalue weighted by Gasteiger charge is 2.28. The molecule has 1 amide bonds. The van der Waals surface area contributed by atoms with Crippen LogP contribution in [0.3, 0.4) is 0 Å². The minimum absolute atomic E-state index is 0.0971. The first kappa shape index (κ1) is 16.9. The van der Waals surface area contributed by atoms with E-state index in [1.54, 1.807) is 17.0 Å². The highest BCUT2D eigenvalue weighted by Crippen LogP contribution is 2.22. The van der Waals surface area contributed by atoms with Crippen molar-refractivity contribution in [1.82, 2.24) is 14.2 Å². The summed E-state index contributed by atoms with van der Waals surface area (Å²) in [6.45, 7) is 3.72. The van der Waals surface area contributed by atoms with E-state index in [1.807, 2.05) is 6.92 Å². The Hall–Kier alpha value is -1.93. The van der Waals surface area contributed by atoms with E-state index in [1.165, 1.54) is 16.8 Å². The average molecular weight is 351 g/mol. The third kappa shape index (κ3) is 3.29. The zero-order valence-electron chi connectivity index (χ0n) is 13.6. The topological polar surface area (TPSA) is 83.7 Å². The Kier molecular flexibility index (Phi) is 4.86. The highest BCUT2D eigenvalue weighted by molar-refractivity contribution is 7.89. The first-order valence-electron chi connectivity index (χ1n) is 8.13. The maximum Gasteiger partial charge on any atom is 0.243 e. The average Bonchev–Trinajstić information content (AvgIpc) is 2.88. The molecule has 24 heavy (non-hydrogen) atoms. The maximum absolute atomic E-state index is 12.9. The van der Waals surface area contributed by atoms with Gasteiger partial charge in [0, 0.05) is 38.7 Å². The Labute approximate surface area is 141 Å². The summed E-state index contributed by atoms with van der Waals surface area (Å²) >= 11 is 0. The van der Waals surface area contributed by atoms with Crippen LogP contribution in [0.4, 0.5) is 0 Å². The summed E-state index contributed by atoms with van der Waals surface area (Å²) in [4.78, 5) is 18.0. The Morgan fingerprint density at radius 2 is 2.08 bits per heavy atom. The fourth-order valence-corrected chi connectivity index (χ4v) is 4.39. The molecular weight excluding hydrogens is 330 g/mol. The minimum atomic E-state index is -3.61. The molecule has 0 bridgehead atoms. The van der Waals surface area contributed by atoms with Crippen LogP contribution in [0.25, 0.3) is 11.1 Å². The zero-order chi connectivity index (χ0) is 17.2. The molecule has 1 aromatic carbocycles. The number of oxazole rings is 1. The van der Waals surface area contributed by atoms with E-state index in [0.29, 0.717) is 50.1 Å². The largest absolute Gasteiger partial charge is 0.443 e. The Morgan fingerprint density at radius 1 is 1.25 bits per heavy atom. The van der Waals surface area contributed by atoms with Crippen LogP contribution in [0, 0.1) is 0 Å². The normalized spacial score (nSPS) is 17.1. The number of hydrogen-bond donors (Lipinski definition) is 0. The predicted octanol–water partition coefficient (Wildman–Crippen LogP) is 1.85. The number of nitrogens with zero attached hydrogens (tertiary/aromatic N) is 3. The lowest BCUT2D eigenvalue weighted by Crippen LogP contribution is -2.37. The van der Waals surface area contributed by atoms with Gasteiger partial charge in [0.1, 0.15) is 5.52 Å². The molecule has 1 aliphatic rings. The van der Waals surface area contributed by atoms with Crippen molar-refractivity contribution in [2.24, 2.45) is 0 Å². The third-order valence-electron chi connectivity index (χ3n) is 4.21. The van der Waals surface area contributed by atoms with Crippen LogP contribution in [0.1, 0.15) is 26.2 Å². The van der Waals surface area contributed by atoms with Crippen LogP contribution in [-0.2, 0) is 14.8 Å². The Morgan fingerprint density at radius 3 is 2.88 bits per heavy atom. The van der Waals surface area contributed by atoms with E-state index in [2.05, 4.69) is 4.98 Å². The molecule has 7 nitrogen and oxygen atoms in total. The summed E-state index contributed by atoms with van der Waals surface area (Å²) in [5, 5.41) is 0. The molecule has 0 spiro atoms. The SMILES string of the molecule is CCCC(=O)N1CCCN(S(=O)(=O)c2ccc3ncoc3c2)CC1. The van der Waals surface area contributed by atoms with Gasteiger partial charge in [-0.15, -0.1) is 0 Å². The number of hydrogen-bond acceptors (Lipinski definition) is 5. The van der Waals surface area contributed by atoms with Crippen LogP contribution in [0.15, 0.2) is 33.9 Å². The monoisotopic (exact) mass is 351 g/mol. The van der Waals surface area contributed by atoms with Crippen LogP contribution in [0.2, 0.25) is 0 Å². The van der Waals surface area contributed by atoms with Gasteiger partial charge in [-0.2, -0.15) is 4.31 Å². The molecule has 0 atom stereocenters. The summed E-state index contributed by atoms with van der Waals surface area (Å²) in [5.41, 5.74) is 1.08. The van der Waals surface area contributed by atoms with Gasteiger partial charge in [0.25, 0.3) is 0 Å². The van der Waals surface area contributed by atoms with E-state index < -0.39 is 10.0 Å². The fraction of sp³-hybridized carbons (Fsp3) is 0.500. The molecule has 0 aliphatic carbocycles. The van der Waals surface area contributed by atoms with Crippen molar-refractivity contribution in [2.75, 3.05) is 26.2 Å². The van der Waals surface area contributed by atoms with E-state index in [9.17, 15) is 13.2 Å². The zero-order valence-corrected chi connectivity index (χ0v) is 14.5. The van der Waals surface area contributed by atoms with Crippen molar-refractivity contribution in [1.29, 1.82) is 0 Å². The first-order valence-corrected chi connectivity index (χ1v) is 9.57. The van der Waals surface area contributed by atoms with E-state index in [0.717, 1.165) is 6.42 Å². The van der Waals surface area contributed by atoms with Gasteiger partial charge in [0.05, 0.1) is 4.90 Å². The van der Waals surface area contributed by atoms with Gasteiger partial charge >= 0.3 is 0 Å². The molecule has 1 fully saturated rings. The number of sulfonamides is 1. The summed E-state index contributed by atoms with van der Waals surface area (Å²) in [6, 6.07) is 4.69. The lowest BCUT2D eigenvalue weighted by molar-refractivity contribution is -0.131. The van der Waals surface area contributed by atoms with Crippen molar-refractivity contribution in [2.45, 2.75) is 31.1 Å². The molecule has 0 saturated carbocycles. The summed E-state index contributed by atoms with van der Waals surface area (Å²) in [5.74, 6) is 0.0971. The Balaban J connectivity index is 1.78. The van der Waals surface area contributed by atoms with Gasteiger partial charge in [0.15, 0.2) is 12.0 Å². The second kappa shape index (κ2) is 6.90. The molecule has 1 aromatic heterocycles. The second-order valence-electron chi connectivity index (χ2n) is 5.87. The number of carbonyl (C=O) groups excluding carboxylic acids is 1. The van der Waals surface area contributed by atoms with E-state index in [4.69, 9.17) is 4.42 Å². The summed E-state index contributed by atoms with van der Waals surface area (Å²) in [7, 11) is -3.61. The molecule has 130 valence electrons. The van der Waals surface area contributed by atoms with Crippen LogP contribution in [-0.4, -0.2) is 54.7 Å². The van der Waals surface area contributed by atoms with Crippen molar-refractivity contribution in [3.05, 3.63) is 24.6 Å². The molecular formula is C16H21N3O4S. The standard InChI is InChI=1S/C16H21N3O4S/c1-2-4-16(20)18-7-3-8-19(10-9-18)24(21,22)13-5-6-14-15(11-13)23-12-17-14/h5-6,11-12H,2-4,7-10H2,1H3. The van der Waals surface area contributed by atoms with Gasteiger partial charge in [-0.3, -0.25) is 4.79 Å². The van der Waals surface area contributed by atoms with Gasteiger partial charge in [-0.25, -0.2) is 13.4 Å². The Bertz CT molecular complexity index is 831. The summed E-state index contributed by atoms with van der Waals surface area (Å²) in [6.07, 6.45) is 3.24. The van der Waals surface area contributed by atoms with Crippen molar-refractivity contribution in [3.8, 4) is 0 Å². The maximum atomic E-state index is 12.9. The van der Waals surface area contributed by atoms with Crippen LogP contribution >= 0.6 is 0 Å². The van der Waals surface area contributed by atoms with Gasteiger partial charge < -0.3 is 9.32 Å². The number of rotatable bonds is 4. The third-order valence-corrected chi connectivity index (χ3v) is 6.11. The minimum Gasteiger partial charge on any atom is -0.443 e. The molecule has 0 N–H and O–H groups in total. The quantitative estimate of drug-likeness (QED) is 0.839. The van der Waals surface area contributed by atoms with Crippen molar-refractivity contribution in [3.63, 3.8) is 0 Å². The van der Waals surface area contributed by atoms with Crippen molar-refractivity contribution >= 4 is 27.0 Å². The predicted molar refractivity (Wildman–Crippen MR) is 88.9 cm³/mol. The van der Waals surface area contributed by atoms with E-state index in [-0.39, 0.29) is 10.8 Å². The summed E-state index contributed by atoms with van der Waals surface area (Å²) < 4.78 is 32.4. The molecule has 2 aromatic rings. The smallest absolute Gasteiger partial charge is 0.243 e. The fourth-order valence-electron chi connectivity index (χ4n) is 2.90. The molecule has 2 heterocycles. The van der Waals surface area contributed by atoms with E-state index >= 15 is 0 Å². The molecule has 0 unspecified atom stereocenters. The van der Waals surface area contributed by atoms with Crippen LogP contribution < -0.4 is 0 Å². The molecule has 8 heteroatoms. The number of amides is 1. The molecule has 1 aliphatic heterocycles. The van der Waals surface area contributed by atoms with Gasteiger partial charge in [0.2, 0.25) is 15.9 Å². The van der Waals surface area contributed by atoms with Gasteiger partial charge in [-0.05, 0) is 25.0 Å². The van der Waals surface area contributed by atoms with Crippen molar-refractivity contribution < 1.29 is 17.6 Å². The second-order valence-corrected chi connectivity index (χ2v) is 7.81.